The predicted octanol–water partition coefficient (Wildman–Crippen LogP) is 2.99. The van der Waals surface area contributed by atoms with Crippen LogP contribution in [0.1, 0.15) is 15.9 Å². The Morgan fingerprint density at radius 2 is 2.00 bits per heavy atom. The summed E-state index contributed by atoms with van der Waals surface area (Å²) in [4.78, 5) is 15.3. The van der Waals surface area contributed by atoms with E-state index in [0.29, 0.717) is 28.1 Å². The van der Waals surface area contributed by atoms with Crippen LogP contribution in [0.5, 0.6) is 5.88 Å². The molecule has 0 aliphatic heterocycles. The van der Waals surface area contributed by atoms with Gasteiger partial charge in [-0.2, -0.15) is 0 Å². The predicted molar refractivity (Wildman–Crippen MR) is 72.3 cm³/mol. The van der Waals surface area contributed by atoms with Gasteiger partial charge in [-0.05, 0) is 24.1 Å². The van der Waals surface area contributed by atoms with Crippen LogP contribution in [0.3, 0.4) is 0 Å². The van der Waals surface area contributed by atoms with E-state index < -0.39 is 11.8 Å². The van der Waals surface area contributed by atoms with Crippen LogP contribution in [0, 0.1) is 12.7 Å². The molecule has 0 unspecified atom stereocenters. The molecule has 4 nitrogen and oxygen atoms in total. The van der Waals surface area contributed by atoms with Gasteiger partial charge in [-0.15, -0.1) is 0 Å². The average molecular weight is 275 g/mol. The first-order valence-electron chi connectivity index (χ1n) is 5.95. The lowest BCUT2D eigenvalue weighted by Gasteiger charge is -2.09. The third-order valence-corrected chi connectivity index (χ3v) is 2.98. The molecule has 104 valence electrons. The molecular weight excluding hydrogens is 261 g/mol. The van der Waals surface area contributed by atoms with Crippen molar-refractivity contribution < 1.29 is 18.7 Å². The summed E-state index contributed by atoms with van der Waals surface area (Å²) < 4.78 is 23.5. The summed E-state index contributed by atoms with van der Waals surface area (Å²) in [5.41, 5.74) is 2.19. The van der Waals surface area contributed by atoms with Gasteiger partial charge in [0.2, 0.25) is 5.88 Å². The van der Waals surface area contributed by atoms with Crippen LogP contribution < -0.4 is 4.74 Å². The van der Waals surface area contributed by atoms with Gasteiger partial charge in [0.15, 0.2) is 0 Å². The second-order valence-corrected chi connectivity index (χ2v) is 4.23. The molecule has 0 saturated carbocycles. The van der Waals surface area contributed by atoms with Crippen molar-refractivity contribution in [2.45, 2.75) is 6.92 Å². The number of halogens is 1. The molecule has 5 heteroatoms. The molecule has 1 aromatic heterocycles. The van der Waals surface area contributed by atoms with Crippen molar-refractivity contribution in [1.29, 1.82) is 0 Å². The molecule has 1 aromatic carbocycles. The molecule has 0 saturated heterocycles. The van der Waals surface area contributed by atoms with Gasteiger partial charge in [-0.1, -0.05) is 12.1 Å². The first-order chi connectivity index (χ1) is 9.56. The number of methoxy groups -OCH3 is 2. The molecule has 0 fully saturated rings. The lowest BCUT2D eigenvalue weighted by Crippen LogP contribution is -2.03. The normalized spacial score (nSPS) is 10.2. The van der Waals surface area contributed by atoms with Gasteiger partial charge in [-0.25, -0.2) is 14.2 Å². The molecule has 0 aliphatic rings. The zero-order valence-corrected chi connectivity index (χ0v) is 11.4. The first kappa shape index (κ1) is 14.0. The smallest absolute Gasteiger partial charge is 0.338 e. The highest BCUT2D eigenvalue weighted by atomic mass is 19.1. The molecule has 0 bridgehead atoms. The van der Waals surface area contributed by atoms with Crippen molar-refractivity contribution in [3.8, 4) is 17.0 Å². The van der Waals surface area contributed by atoms with E-state index in [4.69, 9.17) is 4.74 Å². The van der Waals surface area contributed by atoms with E-state index in [2.05, 4.69) is 9.72 Å². The van der Waals surface area contributed by atoms with E-state index in [1.54, 1.807) is 25.1 Å². The molecule has 0 aliphatic carbocycles. The Bertz CT molecular complexity index is 656. The minimum absolute atomic E-state index is 0.330. The van der Waals surface area contributed by atoms with Crippen LogP contribution in [0.2, 0.25) is 0 Å². The molecule has 0 radical (unpaired) electrons. The minimum atomic E-state index is -0.448. The number of nitrogens with zero attached hydrogens (tertiary/aromatic N) is 1. The lowest BCUT2D eigenvalue weighted by molar-refractivity contribution is 0.0600. The standard InChI is InChI=1S/C15H14FNO3/c1-9-6-10(4-5-11(9)15(18)20-3)12-7-14(19-2)17-8-13(12)16/h4-8H,1-3H3. The largest absolute Gasteiger partial charge is 0.481 e. The van der Waals surface area contributed by atoms with E-state index in [1.807, 2.05) is 0 Å². The molecule has 0 N–H and O–H groups in total. The molecule has 2 rings (SSSR count). The Labute approximate surface area is 116 Å². The molecule has 0 spiro atoms. The number of carbonyl (C=O) groups excluding carboxylic acids is 1. The number of aryl methyl sites for hydroxylation is 1. The molecule has 2 aromatic rings. The second kappa shape index (κ2) is 5.69. The summed E-state index contributed by atoms with van der Waals surface area (Å²) in [6.07, 6.45) is 1.11. The number of pyridine rings is 1. The fraction of sp³-hybridized carbons (Fsp3) is 0.200. The summed E-state index contributed by atoms with van der Waals surface area (Å²) in [7, 11) is 2.79. The van der Waals surface area contributed by atoms with Crippen LogP contribution in [0.4, 0.5) is 4.39 Å². The van der Waals surface area contributed by atoms with Gasteiger partial charge in [-0.3, -0.25) is 0 Å². The molecular formula is C15H14FNO3. The highest BCUT2D eigenvalue weighted by Crippen LogP contribution is 2.27. The summed E-state index contributed by atoms with van der Waals surface area (Å²) >= 11 is 0. The highest BCUT2D eigenvalue weighted by molar-refractivity contribution is 5.91. The molecule has 0 atom stereocenters. The molecule has 20 heavy (non-hydrogen) atoms. The SMILES string of the molecule is COC(=O)c1ccc(-c2cc(OC)ncc2F)cc1C. The number of hydrogen-bond acceptors (Lipinski definition) is 4. The van der Waals surface area contributed by atoms with Crippen molar-refractivity contribution in [1.82, 2.24) is 4.98 Å². The van der Waals surface area contributed by atoms with Crippen LogP contribution in [0.15, 0.2) is 30.5 Å². The number of hydrogen-bond donors (Lipinski definition) is 0. The number of esters is 1. The van der Waals surface area contributed by atoms with Crippen molar-refractivity contribution in [2.24, 2.45) is 0 Å². The lowest BCUT2D eigenvalue weighted by atomic mass is 10.0. The quantitative estimate of drug-likeness (QED) is 0.808. The van der Waals surface area contributed by atoms with Gasteiger partial charge in [0.1, 0.15) is 5.82 Å². The number of rotatable bonds is 3. The van der Waals surface area contributed by atoms with Crippen LogP contribution in [-0.4, -0.2) is 25.2 Å². The zero-order chi connectivity index (χ0) is 14.7. The fourth-order valence-corrected chi connectivity index (χ4v) is 1.92. The van der Waals surface area contributed by atoms with E-state index in [1.165, 1.54) is 20.3 Å². The van der Waals surface area contributed by atoms with Crippen LogP contribution >= 0.6 is 0 Å². The topological polar surface area (TPSA) is 48.4 Å². The highest BCUT2D eigenvalue weighted by Gasteiger charge is 2.13. The van der Waals surface area contributed by atoms with Crippen molar-refractivity contribution >= 4 is 5.97 Å². The van der Waals surface area contributed by atoms with E-state index >= 15 is 0 Å². The van der Waals surface area contributed by atoms with Gasteiger partial charge in [0.05, 0.1) is 26.0 Å². The average Bonchev–Trinajstić information content (AvgIpc) is 2.47. The summed E-state index contributed by atoms with van der Waals surface area (Å²) in [6.45, 7) is 1.77. The summed E-state index contributed by atoms with van der Waals surface area (Å²) in [6, 6.07) is 6.52. The van der Waals surface area contributed by atoms with Gasteiger partial charge >= 0.3 is 5.97 Å². The van der Waals surface area contributed by atoms with E-state index in [-0.39, 0.29) is 0 Å². The Balaban J connectivity index is 2.49. The maximum absolute atomic E-state index is 13.8. The summed E-state index contributed by atoms with van der Waals surface area (Å²) in [5, 5.41) is 0. The van der Waals surface area contributed by atoms with E-state index in [9.17, 15) is 9.18 Å². The number of aromatic nitrogens is 1. The second-order valence-electron chi connectivity index (χ2n) is 4.23. The van der Waals surface area contributed by atoms with Crippen LogP contribution in [0.25, 0.3) is 11.1 Å². The first-order valence-corrected chi connectivity index (χ1v) is 5.95. The van der Waals surface area contributed by atoms with Gasteiger partial charge in [0.25, 0.3) is 0 Å². The Hall–Kier alpha value is -2.43. The minimum Gasteiger partial charge on any atom is -0.481 e. The third-order valence-electron chi connectivity index (χ3n) is 2.98. The monoisotopic (exact) mass is 275 g/mol. The Morgan fingerprint density at radius 3 is 2.60 bits per heavy atom. The van der Waals surface area contributed by atoms with Crippen molar-refractivity contribution in [3.05, 3.63) is 47.4 Å². The van der Waals surface area contributed by atoms with Gasteiger partial charge < -0.3 is 9.47 Å². The Morgan fingerprint density at radius 1 is 1.25 bits per heavy atom. The number of ether oxygens (including phenoxy) is 2. The van der Waals surface area contributed by atoms with Crippen LogP contribution in [-0.2, 0) is 4.74 Å². The maximum Gasteiger partial charge on any atom is 0.338 e. The third kappa shape index (κ3) is 2.61. The van der Waals surface area contributed by atoms with E-state index in [0.717, 1.165) is 6.20 Å². The molecule has 0 amide bonds. The van der Waals surface area contributed by atoms with Crippen molar-refractivity contribution in [3.63, 3.8) is 0 Å². The Kier molecular flexibility index (Phi) is 3.98. The summed E-state index contributed by atoms with van der Waals surface area (Å²) in [5.74, 6) is -0.533. The van der Waals surface area contributed by atoms with Gasteiger partial charge in [0, 0.05) is 11.6 Å². The molecule has 1 heterocycles. The number of benzene rings is 1. The fourth-order valence-electron chi connectivity index (χ4n) is 1.92. The number of carbonyl (C=O) groups is 1. The maximum atomic E-state index is 13.8. The van der Waals surface area contributed by atoms with Crippen molar-refractivity contribution in [2.75, 3.05) is 14.2 Å². The zero-order valence-electron chi connectivity index (χ0n) is 11.4.